The van der Waals surface area contributed by atoms with Gasteiger partial charge in [0, 0.05) is 5.69 Å². The van der Waals surface area contributed by atoms with Gasteiger partial charge in [-0.05, 0) is 56.0 Å². The molecule has 2 N–H and O–H groups in total. The lowest BCUT2D eigenvalue weighted by atomic mass is 10.1. The Bertz CT molecular complexity index is 849. The highest BCUT2D eigenvalue weighted by molar-refractivity contribution is 7.89. The van der Waals surface area contributed by atoms with E-state index in [0.717, 1.165) is 12.0 Å². The molecule has 5 nitrogen and oxygen atoms in total. The number of carbonyl (C=O) groups is 1. The maximum Gasteiger partial charge on any atom is 0.241 e. The van der Waals surface area contributed by atoms with Crippen LogP contribution in [0.2, 0.25) is 0 Å². The standard InChI is InChI=1S/C19H24N2O3S/c1-5-16-6-8-17(9-7-16)21-18(22)12-20-25(23,24)19-14(3)10-13(2)11-15(19)4/h6-11,20H,5,12H2,1-4H3,(H,21,22). The third-order valence-corrected chi connectivity index (χ3v) is 5.65. The minimum atomic E-state index is -3.75. The van der Waals surface area contributed by atoms with E-state index >= 15 is 0 Å². The molecule has 0 saturated heterocycles. The van der Waals surface area contributed by atoms with Crippen LogP contribution >= 0.6 is 0 Å². The average Bonchev–Trinajstić information content (AvgIpc) is 2.52. The first-order valence-electron chi connectivity index (χ1n) is 8.19. The Morgan fingerprint density at radius 2 is 1.56 bits per heavy atom. The van der Waals surface area contributed by atoms with Gasteiger partial charge in [-0.3, -0.25) is 4.79 Å². The molecule has 0 bridgehead atoms. The molecule has 6 heteroatoms. The molecule has 2 aromatic rings. The summed E-state index contributed by atoms with van der Waals surface area (Å²) in [5.74, 6) is -0.407. The van der Waals surface area contributed by atoms with Crippen LogP contribution in [-0.4, -0.2) is 20.9 Å². The normalized spacial score (nSPS) is 11.4. The van der Waals surface area contributed by atoms with E-state index in [9.17, 15) is 13.2 Å². The van der Waals surface area contributed by atoms with Crippen molar-refractivity contribution < 1.29 is 13.2 Å². The van der Waals surface area contributed by atoms with E-state index in [2.05, 4.69) is 17.0 Å². The van der Waals surface area contributed by atoms with Crippen molar-refractivity contribution in [3.8, 4) is 0 Å². The monoisotopic (exact) mass is 360 g/mol. The molecule has 2 rings (SSSR count). The van der Waals surface area contributed by atoms with Crippen molar-refractivity contribution in [1.29, 1.82) is 0 Å². The second-order valence-corrected chi connectivity index (χ2v) is 7.85. The lowest BCUT2D eigenvalue weighted by Crippen LogP contribution is -2.33. The fourth-order valence-corrected chi connectivity index (χ4v) is 4.28. The van der Waals surface area contributed by atoms with Crippen LogP contribution in [0.5, 0.6) is 0 Å². The zero-order valence-corrected chi connectivity index (χ0v) is 15.8. The van der Waals surface area contributed by atoms with E-state index in [4.69, 9.17) is 0 Å². The van der Waals surface area contributed by atoms with Crippen molar-refractivity contribution in [3.05, 3.63) is 58.7 Å². The Morgan fingerprint density at radius 3 is 2.08 bits per heavy atom. The molecular formula is C19H24N2O3S. The number of amides is 1. The van der Waals surface area contributed by atoms with Gasteiger partial charge >= 0.3 is 0 Å². The molecule has 0 saturated carbocycles. The van der Waals surface area contributed by atoms with Crippen molar-refractivity contribution in [2.75, 3.05) is 11.9 Å². The van der Waals surface area contributed by atoms with Gasteiger partial charge in [-0.25, -0.2) is 13.1 Å². The molecule has 0 aromatic heterocycles. The largest absolute Gasteiger partial charge is 0.325 e. The molecule has 0 atom stereocenters. The topological polar surface area (TPSA) is 75.3 Å². The van der Waals surface area contributed by atoms with Crippen molar-refractivity contribution in [2.45, 2.75) is 39.0 Å². The zero-order valence-electron chi connectivity index (χ0n) is 15.0. The van der Waals surface area contributed by atoms with Crippen LogP contribution in [0.25, 0.3) is 0 Å². The van der Waals surface area contributed by atoms with Gasteiger partial charge in [0.1, 0.15) is 0 Å². The van der Waals surface area contributed by atoms with E-state index in [1.807, 2.05) is 31.2 Å². The summed E-state index contributed by atoms with van der Waals surface area (Å²) in [6, 6.07) is 11.1. The molecule has 2 aromatic carbocycles. The summed E-state index contributed by atoms with van der Waals surface area (Å²) < 4.78 is 27.4. The predicted octanol–water partition coefficient (Wildman–Crippen LogP) is 3.09. The highest BCUT2D eigenvalue weighted by Gasteiger charge is 2.20. The summed E-state index contributed by atoms with van der Waals surface area (Å²) in [6.45, 7) is 7.16. The highest BCUT2D eigenvalue weighted by atomic mass is 32.2. The second kappa shape index (κ2) is 7.80. The number of nitrogens with one attached hydrogen (secondary N) is 2. The van der Waals surface area contributed by atoms with Crippen LogP contribution in [0.3, 0.4) is 0 Å². The lowest BCUT2D eigenvalue weighted by Gasteiger charge is -2.13. The molecule has 0 fully saturated rings. The van der Waals surface area contributed by atoms with Gasteiger partial charge in [-0.1, -0.05) is 36.8 Å². The molecule has 0 radical (unpaired) electrons. The molecule has 0 aliphatic heterocycles. The number of carbonyl (C=O) groups excluding carboxylic acids is 1. The van der Waals surface area contributed by atoms with Gasteiger partial charge in [0.2, 0.25) is 15.9 Å². The molecule has 1 amide bonds. The van der Waals surface area contributed by atoms with Crippen LogP contribution in [0.4, 0.5) is 5.69 Å². The van der Waals surface area contributed by atoms with Gasteiger partial charge in [0.15, 0.2) is 0 Å². The molecule has 0 aliphatic rings. The van der Waals surface area contributed by atoms with Gasteiger partial charge < -0.3 is 5.32 Å². The second-order valence-electron chi connectivity index (χ2n) is 6.15. The Balaban J connectivity index is 2.05. The van der Waals surface area contributed by atoms with Crippen molar-refractivity contribution in [1.82, 2.24) is 4.72 Å². The maximum atomic E-state index is 12.5. The first-order valence-corrected chi connectivity index (χ1v) is 9.67. The van der Waals surface area contributed by atoms with E-state index < -0.39 is 15.9 Å². The lowest BCUT2D eigenvalue weighted by molar-refractivity contribution is -0.115. The third kappa shape index (κ3) is 4.90. The molecule has 0 unspecified atom stereocenters. The van der Waals surface area contributed by atoms with Gasteiger partial charge in [0.25, 0.3) is 0 Å². The summed E-state index contributed by atoms with van der Waals surface area (Å²) in [6.07, 6.45) is 0.920. The number of hydrogen-bond acceptors (Lipinski definition) is 3. The fraction of sp³-hybridized carbons (Fsp3) is 0.316. The first kappa shape index (κ1) is 19.1. The van der Waals surface area contributed by atoms with Gasteiger partial charge in [0.05, 0.1) is 11.4 Å². The maximum absolute atomic E-state index is 12.5. The van der Waals surface area contributed by atoms with Crippen LogP contribution < -0.4 is 10.0 Å². The van der Waals surface area contributed by atoms with Crippen molar-refractivity contribution in [3.63, 3.8) is 0 Å². The molecule has 0 aliphatic carbocycles. The minimum absolute atomic E-state index is 0.234. The Hall–Kier alpha value is -2.18. The summed E-state index contributed by atoms with van der Waals surface area (Å²) in [4.78, 5) is 12.3. The smallest absolute Gasteiger partial charge is 0.241 e. The Kier molecular flexibility index (Phi) is 5.98. The SMILES string of the molecule is CCc1ccc(NC(=O)CNS(=O)(=O)c2c(C)cc(C)cc2C)cc1. The summed E-state index contributed by atoms with van der Waals surface area (Å²) in [5, 5.41) is 2.69. The number of rotatable bonds is 6. The molecule has 0 heterocycles. The Labute approximate surface area is 149 Å². The first-order chi connectivity index (χ1) is 11.7. The molecule has 134 valence electrons. The van der Waals surface area contributed by atoms with Gasteiger partial charge in [-0.15, -0.1) is 0 Å². The number of benzene rings is 2. The Morgan fingerprint density at radius 1 is 1.00 bits per heavy atom. The fourth-order valence-electron chi connectivity index (χ4n) is 2.85. The van der Waals surface area contributed by atoms with Crippen LogP contribution in [-0.2, 0) is 21.2 Å². The molecular weight excluding hydrogens is 336 g/mol. The highest BCUT2D eigenvalue weighted by Crippen LogP contribution is 2.21. The van der Waals surface area contributed by atoms with Crippen molar-refractivity contribution in [2.24, 2.45) is 0 Å². The summed E-state index contributed by atoms with van der Waals surface area (Å²) in [7, 11) is -3.75. The van der Waals surface area contributed by atoms with Crippen LogP contribution in [0.15, 0.2) is 41.3 Å². The number of sulfonamides is 1. The van der Waals surface area contributed by atoms with E-state index in [1.54, 1.807) is 26.0 Å². The average molecular weight is 360 g/mol. The summed E-state index contributed by atoms with van der Waals surface area (Å²) in [5.41, 5.74) is 4.15. The minimum Gasteiger partial charge on any atom is -0.325 e. The zero-order chi connectivity index (χ0) is 18.6. The van der Waals surface area contributed by atoms with E-state index in [1.165, 1.54) is 5.56 Å². The number of anilines is 1. The number of hydrogen-bond donors (Lipinski definition) is 2. The predicted molar refractivity (Wildman–Crippen MR) is 100 cm³/mol. The van der Waals surface area contributed by atoms with E-state index in [-0.39, 0.29) is 11.4 Å². The number of aryl methyl sites for hydroxylation is 4. The van der Waals surface area contributed by atoms with Crippen LogP contribution in [0, 0.1) is 20.8 Å². The molecule has 25 heavy (non-hydrogen) atoms. The summed E-state index contributed by atoms with van der Waals surface area (Å²) >= 11 is 0. The quantitative estimate of drug-likeness (QED) is 0.831. The molecule has 0 spiro atoms. The van der Waals surface area contributed by atoms with Crippen LogP contribution in [0.1, 0.15) is 29.2 Å². The van der Waals surface area contributed by atoms with Gasteiger partial charge in [-0.2, -0.15) is 0 Å². The van der Waals surface area contributed by atoms with E-state index in [0.29, 0.717) is 16.8 Å². The third-order valence-electron chi connectivity index (χ3n) is 3.94. The van der Waals surface area contributed by atoms with Crippen molar-refractivity contribution >= 4 is 21.6 Å².